The molecule has 3 saturated carbocycles. The second-order valence-electron chi connectivity index (χ2n) is 11.9. The van der Waals surface area contributed by atoms with Crippen molar-refractivity contribution in [2.75, 3.05) is 0 Å². The number of Topliss-reactive ketones (excluding diaryl/α,β-unsaturated/α-hetero) is 1. The van der Waals surface area contributed by atoms with Gasteiger partial charge in [-0.25, -0.2) is 4.79 Å². The van der Waals surface area contributed by atoms with Crippen molar-refractivity contribution < 1.29 is 14.3 Å². The molecule has 0 N–H and O–H groups in total. The van der Waals surface area contributed by atoms with Gasteiger partial charge in [0, 0.05) is 24.3 Å². The number of ketones is 1. The number of carbonyl (C=O) groups excluding carboxylic acids is 2. The van der Waals surface area contributed by atoms with Crippen molar-refractivity contribution in [3.8, 4) is 0 Å². The zero-order chi connectivity index (χ0) is 23.5. The highest BCUT2D eigenvalue weighted by Gasteiger charge is 2.58. The van der Waals surface area contributed by atoms with Crippen molar-refractivity contribution in [2.24, 2.45) is 28.6 Å². The summed E-state index contributed by atoms with van der Waals surface area (Å²) in [6.45, 7) is 6.96. The summed E-state index contributed by atoms with van der Waals surface area (Å²) in [7, 11) is 0. The van der Waals surface area contributed by atoms with Gasteiger partial charge in [-0.3, -0.25) is 4.79 Å². The second kappa shape index (κ2) is 10.5. The maximum absolute atomic E-state index is 12.6. The standard InChI is InChI=1S/C30H46O3/c1-4-5-6-7-8-9-10-11-12-28(32)33-23-17-19-29(2)22(21-23)13-14-24-25-15-16-27(31)30(25,3)20-18-26(24)29/h11-13,23-26H,4-10,14-21H2,1-3H3/t23-,24-,25-,26-,29-,30-/m0/s1. The van der Waals surface area contributed by atoms with Gasteiger partial charge in [-0.05, 0) is 74.5 Å². The van der Waals surface area contributed by atoms with E-state index < -0.39 is 0 Å². The average Bonchev–Trinajstić information content (AvgIpc) is 3.10. The summed E-state index contributed by atoms with van der Waals surface area (Å²) in [5.41, 5.74) is 1.70. The SMILES string of the molecule is CCCCCCCCC=CC(=O)O[C@H]1CC[C@@]2(C)C(=CC[C@@H]3[C@@H]2CC[C@]2(C)C(=O)CC[C@@H]32)C1. The Morgan fingerprint density at radius 1 is 1.03 bits per heavy atom. The Balaban J connectivity index is 1.27. The number of esters is 1. The smallest absolute Gasteiger partial charge is 0.330 e. The fourth-order valence-corrected chi connectivity index (χ4v) is 7.92. The van der Waals surface area contributed by atoms with Gasteiger partial charge in [0.1, 0.15) is 11.9 Å². The largest absolute Gasteiger partial charge is 0.459 e. The molecule has 3 fully saturated rings. The predicted molar refractivity (Wildman–Crippen MR) is 134 cm³/mol. The lowest BCUT2D eigenvalue weighted by Gasteiger charge is -2.56. The van der Waals surface area contributed by atoms with Gasteiger partial charge in [-0.1, -0.05) is 70.6 Å². The van der Waals surface area contributed by atoms with Crippen LogP contribution in [0.25, 0.3) is 0 Å². The van der Waals surface area contributed by atoms with Crippen LogP contribution in [0.5, 0.6) is 0 Å². The zero-order valence-electron chi connectivity index (χ0n) is 21.4. The van der Waals surface area contributed by atoms with Gasteiger partial charge in [0.25, 0.3) is 0 Å². The highest BCUT2D eigenvalue weighted by atomic mass is 16.5. The van der Waals surface area contributed by atoms with Crippen LogP contribution in [0.4, 0.5) is 0 Å². The number of allylic oxidation sites excluding steroid dienone is 2. The van der Waals surface area contributed by atoms with Crippen molar-refractivity contribution in [3.05, 3.63) is 23.8 Å². The van der Waals surface area contributed by atoms with Crippen molar-refractivity contribution in [1.29, 1.82) is 0 Å². The number of ether oxygens (including phenoxy) is 1. The number of carbonyl (C=O) groups is 2. The van der Waals surface area contributed by atoms with E-state index in [2.05, 4.69) is 26.8 Å². The fraction of sp³-hybridized carbons (Fsp3) is 0.800. The summed E-state index contributed by atoms with van der Waals surface area (Å²) in [5, 5.41) is 0. The van der Waals surface area contributed by atoms with Gasteiger partial charge in [0.05, 0.1) is 0 Å². The van der Waals surface area contributed by atoms with Crippen LogP contribution in [-0.4, -0.2) is 17.9 Å². The molecule has 0 aromatic rings. The Morgan fingerprint density at radius 2 is 1.76 bits per heavy atom. The first-order valence-electron chi connectivity index (χ1n) is 14.0. The quantitative estimate of drug-likeness (QED) is 0.155. The lowest BCUT2D eigenvalue weighted by Crippen LogP contribution is -2.50. The lowest BCUT2D eigenvalue weighted by atomic mass is 9.48. The molecule has 0 saturated heterocycles. The minimum absolute atomic E-state index is 0.0222. The Kier molecular flexibility index (Phi) is 7.86. The molecule has 0 amide bonds. The van der Waals surface area contributed by atoms with E-state index >= 15 is 0 Å². The molecule has 3 heteroatoms. The Hall–Kier alpha value is -1.38. The van der Waals surface area contributed by atoms with Gasteiger partial charge < -0.3 is 4.74 Å². The minimum Gasteiger partial charge on any atom is -0.459 e. The van der Waals surface area contributed by atoms with E-state index in [9.17, 15) is 9.59 Å². The molecule has 0 unspecified atom stereocenters. The first-order valence-corrected chi connectivity index (χ1v) is 14.0. The molecule has 0 spiro atoms. The van der Waals surface area contributed by atoms with E-state index in [1.807, 2.05) is 6.08 Å². The summed E-state index contributed by atoms with van der Waals surface area (Å²) < 4.78 is 5.87. The normalized spacial score (nSPS) is 37.9. The van der Waals surface area contributed by atoms with Crippen LogP contribution in [0, 0.1) is 28.6 Å². The molecule has 0 aromatic heterocycles. The molecule has 184 valence electrons. The molecule has 4 aliphatic carbocycles. The Bertz CT molecular complexity index is 779. The van der Waals surface area contributed by atoms with Crippen LogP contribution in [0.3, 0.4) is 0 Å². The third-order valence-electron chi connectivity index (χ3n) is 10.0. The van der Waals surface area contributed by atoms with E-state index in [-0.39, 0.29) is 22.9 Å². The number of rotatable bonds is 9. The fourth-order valence-electron chi connectivity index (χ4n) is 7.92. The summed E-state index contributed by atoms with van der Waals surface area (Å²) in [6.07, 6.45) is 23.0. The maximum atomic E-state index is 12.6. The summed E-state index contributed by atoms with van der Waals surface area (Å²) >= 11 is 0. The van der Waals surface area contributed by atoms with E-state index in [0.29, 0.717) is 23.5 Å². The zero-order valence-corrected chi connectivity index (χ0v) is 21.4. The van der Waals surface area contributed by atoms with Crippen molar-refractivity contribution in [1.82, 2.24) is 0 Å². The maximum Gasteiger partial charge on any atom is 0.330 e. The van der Waals surface area contributed by atoms with E-state index in [1.54, 1.807) is 6.08 Å². The lowest BCUT2D eigenvalue weighted by molar-refractivity contribution is -0.145. The van der Waals surface area contributed by atoms with Crippen molar-refractivity contribution in [3.63, 3.8) is 0 Å². The van der Waals surface area contributed by atoms with Gasteiger partial charge in [0.15, 0.2) is 0 Å². The molecule has 4 aliphatic rings. The molecule has 0 bridgehead atoms. The van der Waals surface area contributed by atoms with E-state index in [1.165, 1.54) is 44.1 Å². The minimum atomic E-state index is -0.165. The van der Waals surface area contributed by atoms with Gasteiger partial charge in [-0.15, -0.1) is 0 Å². The van der Waals surface area contributed by atoms with Crippen LogP contribution in [0.2, 0.25) is 0 Å². The highest BCUT2D eigenvalue weighted by Crippen LogP contribution is 2.64. The third kappa shape index (κ3) is 5.03. The first-order chi connectivity index (χ1) is 15.9. The highest BCUT2D eigenvalue weighted by molar-refractivity contribution is 5.87. The molecule has 4 rings (SSSR count). The molecule has 0 aliphatic heterocycles. The predicted octanol–water partition coefficient (Wildman–Crippen LogP) is 7.74. The van der Waals surface area contributed by atoms with Crippen LogP contribution >= 0.6 is 0 Å². The van der Waals surface area contributed by atoms with Crippen LogP contribution in [0.15, 0.2) is 23.8 Å². The van der Waals surface area contributed by atoms with Crippen LogP contribution in [-0.2, 0) is 14.3 Å². The summed E-state index contributed by atoms with van der Waals surface area (Å²) in [6, 6.07) is 0. The van der Waals surface area contributed by atoms with Crippen LogP contribution in [0.1, 0.15) is 117 Å². The van der Waals surface area contributed by atoms with E-state index in [4.69, 9.17) is 4.74 Å². The average molecular weight is 455 g/mol. The molecule has 6 atom stereocenters. The summed E-state index contributed by atoms with van der Waals surface area (Å²) in [4.78, 5) is 25.0. The second-order valence-corrected chi connectivity index (χ2v) is 11.9. The topological polar surface area (TPSA) is 43.4 Å². The first kappa shape index (κ1) is 24.7. The molecular formula is C30H46O3. The number of fused-ring (bicyclic) bond motifs is 5. The monoisotopic (exact) mass is 454 g/mol. The third-order valence-corrected chi connectivity index (χ3v) is 10.0. The van der Waals surface area contributed by atoms with Gasteiger partial charge >= 0.3 is 5.97 Å². The molecule has 0 radical (unpaired) electrons. The van der Waals surface area contributed by atoms with Crippen molar-refractivity contribution in [2.45, 2.75) is 123 Å². The van der Waals surface area contributed by atoms with Crippen LogP contribution < -0.4 is 0 Å². The van der Waals surface area contributed by atoms with Crippen molar-refractivity contribution >= 4 is 11.8 Å². The number of hydrogen-bond donors (Lipinski definition) is 0. The molecule has 0 heterocycles. The summed E-state index contributed by atoms with van der Waals surface area (Å²) in [5.74, 6) is 2.28. The number of hydrogen-bond acceptors (Lipinski definition) is 3. The molecule has 0 aromatic carbocycles. The van der Waals surface area contributed by atoms with Gasteiger partial charge in [0.2, 0.25) is 0 Å². The van der Waals surface area contributed by atoms with E-state index in [0.717, 1.165) is 57.8 Å². The Morgan fingerprint density at radius 3 is 2.58 bits per heavy atom. The molecule has 3 nitrogen and oxygen atoms in total. The Labute approximate surface area is 201 Å². The number of unbranched alkanes of at least 4 members (excludes halogenated alkanes) is 6. The molecular weight excluding hydrogens is 408 g/mol. The molecule has 33 heavy (non-hydrogen) atoms. The van der Waals surface area contributed by atoms with Gasteiger partial charge in [-0.2, -0.15) is 0 Å².